The molecule has 0 fully saturated rings. The van der Waals surface area contributed by atoms with E-state index >= 15 is 0 Å². The van der Waals surface area contributed by atoms with Gasteiger partial charge in [-0.05, 0) is 191 Å². The van der Waals surface area contributed by atoms with Gasteiger partial charge in [0.2, 0.25) is 21.4 Å². The zero-order chi connectivity index (χ0) is 82.9. The van der Waals surface area contributed by atoms with E-state index in [1.807, 2.05) is 62.4 Å². The summed E-state index contributed by atoms with van der Waals surface area (Å²) in [5.74, 6) is -3.78. The molecule has 5 N–H and O–H groups in total. The third-order valence-electron chi connectivity index (χ3n) is 12.8. The van der Waals surface area contributed by atoms with Crippen LogP contribution in [-0.4, -0.2) is 66.6 Å². The summed E-state index contributed by atoms with van der Waals surface area (Å²) in [5, 5.41) is 30.0. The first-order chi connectivity index (χ1) is 50.9. The first-order valence-corrected chi connectivity index (χ1v) is 41.6. The molecular weight excluding hydrogens is 1990 g/mol. The number of rotatable bonds is 16. The molecule has 0 aromatic heterocycles. The molecule has 0 radical (unpaired) electrons. The van der Waals surface area contributed by atoms with E-state index in [2.05, 4.69) is 95.3 Å². The molecule has 0 spiro atoms. The van der Waals surface area contributed by atoms with Gasteiger partial charge in [0, 0.05) is 95.7 Å². The van der Waals surface area contributed by atoms with E-state index in [1.54, 1.807) is 86.6 Å². The standard InChI is InChI=1S/C18H16ClF3O3.C15H10ClF3O3.C11H12BrClO2.C8H8BrCl.C8H7ClO2.C8H9Cl.C7H5F3O.Br2.Cl2OS.K.Na.2H2O/c1-11(2)24-17(23)16(12-6-8-14(19)9-7-12)25-15-5-3-4-13(10-15)18(20,21)22;16-11-6-4-9(5-7-11)13(14(20)21)22-12-3-1-2-10(8-12)15(17,18)19;1-7(2)15-11(14)10(12)8-3-5-9(13)6-4-8;1-6(9)7-2-4-8(10)5-3-7;9-7-3-1-6(2-4-7)5-8(10)11;1-2-7-3-5-8(9)6-4-7;8-7(9,10)5-2-1-3-6(11)4-5;1-2;1-4(2)3;;;;/h3-11,16H,1-2H3;1-8,13H,(H,20,21);3-7,10H,1-2H3;2-6H,1H3;1-4H,5H2,(H,10,11);3-6H,2H2,1H3;1-4,11H;;;;;2*1H2/q;;;;;;;;;2*+1;;/p-2. The number of carboxylic acid groups (broad SMARTS) is 2. The predicted octanol–water partition coefficient (Wildman–Crippen LogP) is 21.2. The summed E-state index contributed by atoms with van der Waals surface area (Å²) in [5.41, 5.74) is 2.28. The molecule has 9 aromatic carbocycles. The SMILES string of the molecule is BrBr.CC(Br)c1ccc(Cl)cc1.CC(C)OC(=O)C(Br)c1ccc(Cl)cc1.CC(C)OC(=O)C(Oc1cccc(C(F)(F)F)c1)c1ccc(Cl)cc1.CCc1ccc(Cl)cc1.O=C(O)C(Oc1cccc(C(F)(F)F)c1)c1ccc(Cl)cc1.O=C(O)Cc1ccc(Cl)cc1.O=S(Cl)Cl.Oc1cccc(C(F)(F)F)c1.[K+].[Na+].[OH-].[OH-]. The number of alkyl halides is 11. The van der Waals surface area contributed by atoms with Gasteiger partial charge in [0.15, 0.2) is 0 Å². The summed E-state index contributed by atoms with van der Waals surface area (Å²) < 4.78 is 142. The van der Waals surface area contributed by atoms with Crippen molar-refractivity contribution in [3.8, 4) is 17.2 Å². The molecule has 0 aliphatic rings. The van der Waals surface area contributed by atoms with Gasteiger partial charge in [-0.15, -0.1) is 0 Å². The smallest absolute Gasteiger partial charge is 0.870 e. The van der Waals surface area contributed by atoms with Gasteiger partial charge in [-0.2, -0.15) is 39.5 Å². The third kappa shape index (κ3) is 51.6. The van der Waals surface area contributed by atoms with Crippen LogP contribution in [0.5, 0.6) is 17.2 Å². The van der Waals surface area contributed by atoms with Crippen molar-refractivity contribution in [3.05, 3.63) is 299 Å². The fraction of sp³-hybridized carbons (Fsp3) is 0.227. The molecule has 38 heteroatoms. The average Bonchev–Trinajstić information content (AvgIpc) is 0.830. The Morgan fingerprint density at radius 3 is 1.02 bits per heavy atom. The number of carbonyl (C=O) groups excluding carboxylic acids is 2. The molecule has 9 aromatic rings. The Hall–Kier alpha value is -3.42. The number of hydrogen-bond donors (Lipinski definition) is 3. The number of halogens is 21. The Kier molecular flexibility index (Phi) is 62.5. The van der Waals surface area contributed by atoms with E-state index in [1.165, 1.54) is 59.7 Å². The molecule has 14 nitrogen and oxygen atoms in total. The average molecular weight is 2060 g/mol. The van der Waals surface area contributed by atoms with E-state index in [-0.39, 0.29) is 133 Å². The summed E-state index contributed by atoms with van der Waals surface area (Å²) in [6.07, 6.45) is -15.4. The van der Waals surface area contributed by atoms with Crippen LogP contribution in [-0.2, 0) is 69.2 Å². The van der Waals surface area contributed by atoms with Crippen LogP contribution in [0.15, 0.2) is 218 Å². The van der Waals surface area contributed by atoms with E-state index in [9.17, 15) is 63.8 Å². The topological polar surface area (TPSA) is 243 Å². The molecule has 113 heavy (non-hydrogen) atoms. The van der Waals surface area contributed by atoms with Crippen molar-refractivity contribution >= 4 is 184 Å². The summed E-state index contributed by atoms with van der Waals surface area (Å²) in [6, 6.07) is 54.0. The third-order valence-corrected chi connectivity index (χ3v) is 15.7. The first kappa shape index (κ1) is 116. The number of phenolic OH excluding ortho intramolecular Hbond substituents is 1. The van der Waals surface area contributed by atoms with Crippen LogP contribution >= 0.6 is 151 Å². The van der Waals surface area contributed by atoms with Crippen molar-refractivity contribution in [2.45, 2.75) is 107 Å². The number of phenols is 1. The maximum absolute atomic E-state index is 12.8. The van der Waals surface area contributed by atoms with Crippen LogP contribution in [0, 0.1) is 0 Å². The molecule has 0 saturated carbocycles. The Morgan fingerprint density at radius 1 is 0.442 bits per heavy atom. The van der Waals surface area contributed by atoms with Crippen molar-refractivity contribution in [1.82, 2.24) is 0 Å². The largest absolute Gasteiger partial charge is 1.00 e. The molecule has 0 saturated heterocycles. The number of aromatic hydroxyl groups is 1. The fourth-order valence-corrected chi connectivity index (χ4v) is 9.29. The molecule has 0 aliphatic carbocycles. The van der Waals surface area contributed by atoms with Crippen molar-refractivity contribution < 1.29 is 189 Å². The van der Waals surface area contributed by atoms with E-state index < -0.39 is 85.5 Å². The second-order valence-electron chi connectivity index (χ2n) is 22.0. The molecular formula is C75H69Br4Cl8F9KNaO14S. The number of ether oxygens (including phenoxy) is 4. The van der Waals surface area contributed by atoms with E-state index in [4.69, 9.17) is 103 Å². The number of esters is 2. The molecule has 0 aliphatic heterocycles. The number of carbonyl (C=O) groups is 4. The van der Waals surface area contributed by atoms with Crippen LogP contribution in [0.2, 0.25) is 30.1 Å². The van der Waals surface area contributed by atoms with Gasteiger partial charge in [-0.3, -0.25) is 9.59 Å². The Bertz CT molecular complexity index is 4200. The number of benzene rings is 9. The quantitative estimate of drug-likeness (QED) is 0.0268. The minimum absolute atomic E-state index is 0. The second-order valence-corrected chi connectivity index (χ2v) is 29.4. The number of carboxylic acids is 2. The Morgan fingerprint density at radius 2 is 0.726 bits per heavy atom. The number of aliphatic carboxylic acids is 2. The maximum Gasteiger partial charge on any atom is 1.00 e. The molecule has 608 valence electrons. The maximum atomic E-state index is 12.8. The van der Waals surface area contributed by atoms with Crippen molar-refractivity contribution in [2.75, 3.05) is 0 Å². The minimum Gasteiger partial charge on any atom is -0.870 e. The molecule has 0 bridgehead atoms. The van der Waals surface area contributed by atoms with Crippen molar-refractivity contribution in [3.63, 3.8) is 0 Å². The van der Waals surface area contributed by atoms with E-state index in [0.29, 0.717) is 36.5 Å². The minimum atomic E-state index is -4.53. The normalized spacial score (nSPS) is 11.3. The van der Waals surface area contributed by atoms with Gasteiger partial charge in [0.1, 0.15) is 22.1 Å². The van der Waals surface area contributed by atoms with E-state index in [0.717, 1.165) is 70.1 Å². The monoisotopic (exact) mass is 2050 g/mol. The summed E-state index contributed by atoms with van der Waals surface area (Å²) in [4.78, 5) is 45.3. The van der Waals surface area contributed by atoms with Crippen LogP contribution in [0.3, 0.4) is 0 Å². The molecule has 0 heterocycles. The van der Waals surface area contributed by atoms with Gasteiger partial charge < -0.3 is 45.2 Å². The summed E-state index contributed by atoms with van der Waals surface area (Å²) in [7, 11) is 7.36. The van der Waals surface area contributed by atoms with Crippen molar-refractivity contribution in [1.29, 1.82) is 0 Å². The van der Waals surface area contributed by atoms with Gasteiger partial charge in [-0.1, -0.05) is 199 Å². The zero-order valence-corrected chi connectivity index (χ0v) is 78.7. The molecule has 4 atom stereocenters. The van der Waals surface area contributed by atoms with Gasteiger partial charge in [-0.25, -0.2) is 13.8 Å². The Labute approximate surface area is 786 Å². The van der Waals surface area contributed by atoms with Crippen LogP contribution in [0.1, 0.15) is 113 Å². The van der Waals surface area contributed by atoms with Crippen LogP contribution in [0.25, 0.3) is 0 Å². The first-order valence-electron chi connectivity index (χ1n) is 31.0. The summed E-state index contributed by atoms with van der Waals surface area (Å²) >= 11 is 46.5. The zero-order valence-electron chi connectivity index (χ0n) is 60.4. The van der Waals surface area contributed by atoms with Crippen LogP contribution in [0.4, 0.5) is 39.5 Å². The Balaban J connectivity index is -0.000000620. The predicted molar refractivity (Wildman–Crippen MR) is 433 cm³/mol. The van der Waals surface area contributed by atoms with Gasteiger partial charge >= 0.3 is 123 Å². The van der Waals surface area contributed by atoms with Gasteiger partial charge in [0.25, 0.3) is 0 Å². The second kappa shape index (κ2) is 61.0. The fourth-order valence-electron chi connectivity index (χ4n) is 7.81. The number of aryl methyl sites for hydroxylation is 1. The van der Waals surface area contributed by atoms with Crippen LogP contribution < -0.4 is 90.4 Å². The molecule has 4 unspecified atom stereocenters. The van der Waals surface area contributed by atoms with Gasteiger partial charge in [0.05, 0.1) is 35.3 Å². The molecule has 0 amide bonds. The number of hydrogen-bond acceptors (Lipinski definition) is 12. The summed E-state index contributed by atoms with van der Waals surface area (Å²) in [6.45, 7) is 11.2. The molecule has 9 rings (SSSR count). The van der Waals surface area contributed by atoms with Crippen molar-refractivity contribution in [2.24, 2.45) is 0 Å².